The second-order valence-corrected chi connectivity index (χ2v) is 5.07. The summed E-state index contributed by atoms with van der Waals surface area (Å²) in [6, 6.07) is 0. The van der Waals surface area contributed by atoms with Gasteiger partial charge in [0.25, 0.3) is 0 Å². The predicted octanol–water partition coefficient (Wildman–Crippen LogP) is 0.907. The highest BCUT2D eigenvalue weighted by Crippen LogP contribution is 2.30. The summed E-state index contributed by atoms with van der Waals surface area (Å²) in [5.41, 5.74) is 0.214. The molecular formula is C11H19N5O2. The molecule has 0 aromatic carbocycles. The third-order valence-electron chi connectivity index (χ3n) is 3.76. The van der Waals surface area contributed by atoms with Gasteiger partial charge in [-0.05, 0) is 26.8 Å². The SMILES string of the molecule is CNC1(C)CCN(c2nn(C)cc2[N+](=O)[O-])CC1. The van der Waals surface area contributed by atoms with E-state index < -0.39 is 0 Å². The van der Waals surface area contributed by atoms with Gasteiger partial charge in [-0.3, -0.25) is 14.8 Å². The molecule has 2 heterocycles. The first-order valence-electron chi connectivity index (χ1n) is 6.07. The second-order valence-electron chi connectivity index (χ2n) is 5.07. The molecule has 0 saturated carbocycles. The van der Waals surface area contributed by atoms with Gasteiger partial charge in [0.15, 0.2) is 0 Å². The number of nitrogens with one attached hydrogen (secondary N) is 1. The van der Waals surface area contributed by atoms with Gasteiger partial charge in [0, 0.05) is 25.7 Å². The number of rotatable bonds is 3. The molecule has 18 heavy (non-hydrogen) atoms. The van der Waals surface area contributed by atoms with Crippen LogP contribution in [0.4, 0.5) is 11.5 Å². The molecule has 1 aromatic rings. The van der Waals surface area contributed by atoms with E-state index in [9.17, 15) is 10.1 Å². The first kappa shape index (κ1) is 12.8. The van der Waals surface area contributed by atoms with Crippen LogP contribution in [0.3, 0.4) is 0 Å². The Morgan fingerprint density at radius 2 is 2.11 bits per heavy atom. The summed E-state index contributed by atoms with van der Waals surface area (Å²) in [5, 5.41) is 18.5. The number of aromatic nitrogens is 2. The number of hydrogen-bond acceptors (Lipinski definition) is 5. The Morgan fingerprint density at radius 3 is 2.61 bits per heavy atom. The van der Waals surface area contributed by atoms with Gasteiger partial charge in [-0.1, -0.05) is 0 Å². The Balaban J connectivity index is 2.17. The first-order valence-corrected chi connectivity index (χ1v) is 6.07. The normalized spacial score (nSPS) is 18.9. The standard InChI is InChI=1S/C11H19N5O2/c1-11(12-2)4-6-15(7-5-11)10-9(16(17)18)8-14(3)13-10/h8,12H,4-7H2,1-3H3. The molecule has 0 radical (unpaired) electrons. The van der Waals surface area contributed by atoms with E-state index in [0.717, 1.165) is 25.9 Å². The van der Waals surface area contributed by atoms with E-state index >= 15 is 0 Å². The van der Waals surface area contributed by atoms with E-state index in [1.165, 1.54) is 10.9 Å². The third kappa shape index (κ3) is 2.31. The van der Waals surface area contributed by atoms with Crippen LogP contribution in [0.25, 0.3) is 0 Å². The number of piperidine rings is 1. The minimum atomic E-state index is -0.367. The summed E-state index contributed by atoms with van der Waals surface area (Å²) in [6.07, 6.45) is 3.37. The number of nitro groups is 1. The Morgan fingerprint density at radius 1 is 1.50 bits per heavy atom. The highest BCUT2D eigenvalue weighted by Gasteiger charge is 2.32. The molecule has 1 saturated heterocycles. The molecule has 7 nitrogen and oxygen atoms in total. The van der Waals surface area contributed by atoms with E-state index in [4.69, 9.17) is 0 Å². The van der Waals surface area contributed by atoms with Crippen molar-refractivity contribution in [2.75, 3.05) is 25.0 Å². The van der Waals surface area contributed by atoms with Gasteiger partial charge >= 0.3 is 5.69 Å². The van der Waals surface area contributed by atoms with E-state index in [-0.39, 0.29) is 16.1 Å². The molecule has 2 rings (SSSR count). The molecular weight excluding hydrogens is 234 g/mol. The van der Waals surface area contributed by atoms with Crippen molar-refractivity contribution in [2.24, 2.45) is 7.05 Å². The van der Waals surface area contributed by atoms with Gasteiger partial charge in [0.1, 0.15) is 6.20 Å². The smallest absolute Gasteiger partial charge is 0.330 e. The maximum absolute atomic E-state index is 11.0. The van der Waals surface area contributed by atoms with Crippen LogP contribution in [-0.2, 0) is 7.05 Å². The van der Waals surface area contributed by atoms with Gasteiger partial charge in [-0.15, -0.1) is 5.10 Å². The molecule has 0 atom stereocenters. The summed E-state index contributed by atoms with van der Waals surface area (Å²) in [4.78, 5) is 12.6. The Bertz CT molecular complexity index is 448. The molecule has 1 aliphatic rings. The van der Waals surface area contributed by atoms with Crippen molar-refractivity contribution in [3.8, 4) is 0 Å². The largest absolute Gasteiger partial charge is 0.349 e. The van der Waals surface area contributed by atoms with Crippen molar-refractivity contribution in [3.05, 3.63) is 16.3 Å². The molecule has 1 N–H and O–H groups in total. The van der Waals surface area contributed by atoms with Gasteiger partial charge in [-0.25, -0.2) is 0 Å². The monoisotopic (exact) mass is 253 g/mol. The second kappa shape index (κ2) is 4.56. The van der Waals surface area contributed by atoms with Gasteiger partial charge in [-0.2, -0.15) is 0 Å². The molecule has 0 aliphatic carbocycles. The first-order chi connectivity index (χ1) is 8.45. The van der Waals surface area contributed by atoms with E-state index in [1.54, 1.807) is 7.05 Å². The maximum Gasteiger partial charge on any atom is 0.330 e. The summed E-state index contributed by atoms with van der Waals surface area (Å²) in [7, 11) is 3.66. The van der Waals surface area contributed by atoms with E-state index in [1.807, 2.05) is 11.9 Å². The van der Waals surface area contributed by atoms with Crippen LogP contribution in [-0.4, -0.2) is 40.4 Å². The number of aryl methyl sites for hydroxylation is 1. The average molecular weight is 253 g/mol. The zero-order valence-electron chi connectivity index (χ0n) is 11.0. The molecule has 1 aromatic heterocycles. The molecule has 100 valence electrons. The van der Waals surface area contributed by atoms with Crippen LogP contribution >= 0.6 is 0 Å². The zero-order chi connectivity index (χ0) is 13.3. The Kier molecular flexibility index (Phi) is 3.25. The summed E-state index contributed by atoms with van der Waals surface area (Å²) in [5.74, 6) is 0.487. The molecule has 7 heteroatoms. The molecule has 1 fully saturated rings. The van der Waals surface area contributed by atoms with Crippen molar-refractivity contribution in [3.63, 3.8) is 0 Å². The van der Waals surface area contributed by atoms with Gasteiger partial charge in [0.2, 0.25) is 5.82 Å². The minimum Gasteiger partial charge on any atom is -0.349 e. The quantitative estimate of drug-likeness (QED) is 0.640. The number of hydrogen-bond donors (Lipinski definition) is 1. The molecule has 1 aliphatic heterocycles. The molecule has 0 amide bonds. The van der Waals surface area contributed by atoms with Gasteiger partial charge in [0.05, 0.1) is 4.92 Å². The summed E-state index contributed by atoms with van der Waals surface area (Å²) in [6.45, 7) is 3.75. The third-order valence-corrected chi connectivity index (χ3v) is 3.76. The maximum atomic E-state index is 11.0. The molecule has 0 spiro atoms. The summed E-state index contributed by atoms with van der Waals surface area (Å²) < 4.78 is 1.50. The Hall–Kier alpha value is -1.63. The number of nitrogens with zero attached hydrogens (tertiary/aromatic N) is 4. The van der Waals surface area contributed by atoms with Crippen LogP contribution in [0.1, 0.15) is 19.8 Å². The van der Waals surface area contributed by atoms with Crippen LogP contribution in [0, 0.1) is 10.1 Å². The van der Waals surface area contributed by atoms with Crippen LogP contribution in [0.15, 0.2) is 6.20 Å². The highest BCUT2D eigenvalue weighted by atomic mass is 16.6. The predicted molar refractivity (Wildman–Crippen MR) is 68.8 cm³/mol. The van der Waals surface area contributed by atoms with Crippen LogP contribution in [0.5, 0.6) is 0 Å². The summed E-state index contributed by atoms with van der Waals surface area (Å²) >= 11 is 0. The van der Waals surface area contributed by atoms with Crippen molar-refractivity contribution in [1.82, 2.24) is 15.1 Å². The van der Waals surface area contributed by atoms with Crippen LogP contribution < -0.4 is 10.2 Å². The highest BCUT2D eigenvalue weighted by molar-refractivity contribution is 5.57. The fourth-order valence-corrected chi connectivity index (χ4v) is 2.28. The lowest BCUT2D eigenvalue weighted by Crippen LogP contribution is -2.50. The van der Waals surface area contributed by atoms with E-state index in [2.05, 4.69) is 17.3 Å². The van der Waals surface area contributed by atoms with Gasteiger partial charge < -0.3 is 10.2 Å². The average Bonchev–Trinajstić information content (AvgIpc) is 2.72. The molecule has 0 unspecified atom stereocenters. The lowest BCUT2D eigenvalue weighted by Gasteiger charge is -2.39. The Labute approximate surface area is 106 Å². The molecule has 0 bridgehead atoms. The van der Waals surface area contributed by atoms with Crippen molar-refractivity contribution in [1.29, 1.82) is 0 Å². The van der Waals surface area contributed by atoms with Crippen molar-refractivity contribution < 1.29 is 4.92 Å². The van der Waals surface area contributed by atoms with Crippen molar-refractivity contribution >= 4 is 11.5 Å². The fourth-order valence-electron chi connectivity index (χ4n) is 2.28. The van der Waals surface area contributed by atoms with E-state index in [0.29, 0.717) is 5.82 Å². The minimum absolute atomic E-state index is 0.0885. The lowest BCUT2D eigenvalue weighted by molar-refractivity contribution is -0.384. The zero-order valence-corrected chi connectivity index (χ0v) is 11.0. The topological polar surface area (TPSA) is 76.2 Å². The van der Waals surface area contributed by atoms with Crippen LogP contribution in [0.2, 0.25) is 0 Å². The lowest BCUT2D eigenvalue weighted by atomic mass is 9.90. The number of anilines is 1. The van der Waals surface area contributed by atoms with Crippen molar-refractivity contribution in [2.45, 2.75) is 25.3 Å². The fraction of sp³-hybridized carbons (Fsp3) is 0.727.